The minimum absolute atomic E-state index is 0.0111. The second-order valence-electron chi connectivity index (χ2n) is 6.28. The van der Waals surface area contributed by atoms with E-state index in [0.717, 1.165) is 32.4 Å². The Morgan fingerprint density at radius 3 is 2.95 bits per heavy atom. The van der Waals surface area contributed by atoms with Gasteiger partial charge in [0.2, 0.25) is 11.8 Å². The van der Waals surface area contributed by atoms with E-state index < -0.39 is 0 Å². The van der Waals surface area contributed by atoms with Crippen molar-refractivity contribution in [3.8, 4) is 0 Å². The molecule has 6 heteroatoms. The van der Waals surface area contributed by atoms with Crippen LogP contribution in [0.1, 0.15) is 25.7 Å². The topological polar surface area (TPSA) is 61.9 Å². The number of hydrogen-bond acceptors (Lipinski definition) is 4. The lowest BCUT2D eigenvalue weighted by atomic mass is 10.1. The number of rotatable bonds is 7. The second-order valence-corrected chi connectivity index (χ2v) is 6.28. The zero-order valence-electron chi connectivity index (χ0n) is 13.1. The first-order chi connectivity index (χ1) is 10.1. The highest BCUT2D eigenvalue weighted by molar-refractivity contribution is 5.89. The highest BCUT2D eigenvalue weighted by atomic mass is 16.5. The molecular formula is C15H27N3O3. The Bertz CT molecular complexity index is 367. The van der Waals surface area contributed by atoms with Gasteiger partial charge in [0, 0.05) is 32.7 Å². The molecule has 120 valence electrons. The van der Waals surface area contributed by atoms with Crippen molar-refractivity contribution in [1.29, 1.82) is 0 Å². The van der Waals surface area contributed by atoms with Crippen LogP contribution in [0.5, 0.6) is 0 Å². The van der Waals surface area contributed by atoms with Gasteiger partial charge in [-0.25, -0.2) is 0 Å². The summed E-state index contributed by atoms with van der Waals surface area (Å²) >= 11 is 0. The van der Waals surface area contributed by atoms with E-state index >= 15 is 0 Å². The van der Waals surface area contributed by atoms with Crippen LogP contribution < -0.4 is 5.32 Å². The summed E-state index contributed by atoms with van der Waals surface area (Å²) in [5.74, 6) is -0.103. The smallest absolute Gasteiger partial charge is 0.225 e. The van der Waals surface area contributed by atoms with E-state index in [2.05, 4.69) is 10.2 Å². The van der Waals surface area contributed by atoms with E-state index in [0.29, 0.717) is 26.1 Å². The third-order valence-corrected chi connectivity index (χ3v) is 4.11. The molecule has 2 atom stereocenters. The Labute approximate surface area is 126 Å². The number of ether oxygens (including phenoxy) is 1. The van der Waals surface area contributed by atoms with E-state index in [1.807, 2.05) is 14.1 Å². The summed E-state index contributed by atoms with van der Waals surface area (Å²) in [5, 5.41) is 2.94. The Morgan fingerprint density at radius 2 is 2.29 bits per heavy atom. The van der Waals surface area contributed by atoms with Crippen LogP contribution in [0.25, 0.3) is 0 Å². The molecule has 2 saturated heterocycles. The Kier molecular flexibility index (Phi) is 5.99. The van der Waals surface area contributed by atoms with Crippen molar-refractivity contribution in [2.45, 2.75) is 31.8 Å². The maximum absolute atomic E-state index is 12.1. The van der Waals surface area contributed by atoms with E-state index in [9.17, 15) is 9.59 Å². The van der Waals surface area contributed by atoms with Crippen molar-refractivity contribution in [1.82, 2.24) is 15.1 Å². The summed E-state index contributed by atoms with van der Waals surface area (Å²) in [4.78, 5) is 27.9. The summed E-state index contributed by atoms with van der Waals surface area (Å²) in [6.45, 7) is 3.60. The Hall–Kier alpha value is -1.14. The number of carbonyl (C=O) groups excluding carboxylic acids is 2. The average molecular weight is 297 g/mol. The highest BCUT2D eigenvalue weighted by Crippen LogP contribution is 2.21. The van der Waals surface area contributed by atoms with Gasteiger partial charge in [0.05, 0.1) is 12.0 Å². The van der Waals surface area contributed by atoms with E-state index in [4.69, 9.17) is 4.74 Å². The summed E-state index contributed by atoms with van der Waals surface area (Å²) in [6.07, 6.45) is 3.52. The largest absolute Gasteiger partial charge is 0.376 e. The molecule has 21 heavy (non-hydrogen) atoms. The normalized spacial score (nSPS) is 25.9. The number of likely N-dealkylation sites (tertiary alicyclic amines) is 1. The van der Waals surface area contributed by atoms with Crippen LogP contribution in [0.4, 0.5) is 0 Å². The maximum Gasteiger partial charge on any atom is 0.225 e. The SMILES string of the molecule is CN(C)CCCNC(=O)C1CC(=O)N(CC2CCCO2)C1. The summed E-state index contributed by atoms with van der Waals surface area (Å²) in [5.41, 5.74) is 0. The first-order valence-corrected chi connectivity index (χ1v) is 7.88. The van der Waals surface area contributed by atoms with Crippen molar-refractivity contribution < 1.29 is 14.3 Å². The van der Waals surface area contributed by atoms with Gasteiger partial charge in [0.25, 0.3) is 0 Å². The molecule has 1 N–H and O–H groups in total. The number of hydrogen-bond donors (Lipinski definition) is 1. The predicted octanol–water partition coefficient (Wildman–Crippen LogP) is 0.0818. The maximum atomic E-state index is 12.1. The van der Waals surface area contributed by atoms with Gasteiger partial charge in [-0.2, -0.15) is 0 Å². The molecule has 0 radical (unpaired) electrons. The quantitative estimate of drug-likeness (QED) is 0.676. The Balaban J connectivity index is 1.69. The highest BCUT2D eigenvalue weighted by Gasteiger charge is 2.35. The van der Waals surface area contributed by atoms with Crippen molar-refractivity contribution in [2.75, 3.05) is 46.9 Å². The standard InChI is InChI=1S/C15H27N3O3/c1-17(2)7-4-6-16-15(20)12-9-14(19)18(10-12)11-13-5-3-8-21-13/h12-13H,3-11H2,1-2H3,(H,16,20). The monoisotopic (exact) mass is 297 g/mol. The molecule has 2 heterocycles. The van der Waals surface area contributed by atoms with Gasteiger partial charge in [-0.1, -0.05) is 0 Å². The molecule has 6 nitrogen and oxygen atoms in total. The molecule has 2 unspecified atom stereocenters. The molecule has 0 spiro atoms. The fraction of sp³-hybridized carbons (Fsp3) is 0.867. The van der Waals surface area contributed by atoms with Crippen LogP contribution in [-0.2, 0) is 14.3 Å². The lowest BCUT2D eigenvalue weighted by Crippen LogP contribution is -2.36. The van der Waals surface area contributed by atoms with Gasteiger partial charge in [0.15, 0.2) is 0 Å². The molecule has 2 rings (SSSR count). The van der Waals surface area contributed by atoms with Crippen LogP contribution in [-0.4, -0.2) is 74.6 Å². The zero-order chi connectivity index (χ0) is 15.2. The molecule has 2 aliphatic rings. The van der Waals surface area contributed by atoms with Crippen molar-refractivity contribution in [2.24, 2.45) is 5.92 Å². The third kappa shape index (κ3) is 4.97. The van der Waals surface area contributed by atoms with Crippen LogP contribution >= 0.6 is 0 Å². The van der Waals surface area contributed by atoms with Gasteiger partial charge in [-0.3, -0.25) is 9.59 Å². The van der Waals surface area contributed by atoms with Gasteiger partial charge in [-0.15, -0.1) is 0 Å². The number of nitrogens with zero attached hydrogens (tertiary/aromatic N) is 2. The first-order valence-electron chi connectivity index (χ1n) is 7.88. The molecule has 0 aliphatic carbocycles. The van der Waals surface area contributed by atoms with Gasteiger partial charge >= 0.3 is 0 Å². The third-order valence-electron chi connectivity index (χ3n) is 4.11. The van der Waals surface area contributed by atoms with Gasteiger partial charge in [0.1, 0.15) is 0 Å². The number of nitrogens with one attached hydrogen (secondary N) is 1. The van der Waals surface area contributed by atoms with Crippen LogP contribution in [0.2, 0.25) is 0 Å². The van der Waals surface area contributed by atoms with Crippen LogP contribution in [0.15, 0.2) is 0 Å². The predicted molar refractivity (Wildman–Crippen MR) is 79.8 cm³/mol. The van der Waals surface area contributed by atoms with Crippen molar-refractivity contribution >= 4 is 11.8 Å². The van der Waals surface area contributed by atoms with E-state index in [1.165, 1.54) is 0 Å². The molecule has 2 amide bonds. The minimum atomic E-state index is -0.196. The first kappa shape index (κ1) is 16.2. The zero-order valence-corrected chi connectivity index (χ0v) is 13.1. The van der Waals surface area contributed by atoms with Crippen LogP contribution in [0.3, 0.4) is 0 Å². The Morgan fingerprint density at radius 1 is 1.48 bits per heavy atom. The van der Waals surface area contributed by atoms with E-state index in [-0.39, 0.29) is 23.8 Å². The number of amides is 2. The summed E-state index contributed by atoms with van der Waals surface area (Å²) < 4.78 is 5.56. The molecule has 0 saturated carbocycles. The lowest BCUT2D eigenvalue weighted by molar-refractivity contribution is -0.129. The molecule has 0 aromatic heterocycles. The molecular weight excluding hydrogens is 270 g/mol. The minimum Gasteiger partial charge on any atom is -0.376 e. The molecule has 2 fully saturated rings. The van der Waals surface area contributed by atoms with E-state index in [1.54, 1.807) is 4.90 Å². The molecule has 0 aromatic rings. The van der Waals surface area contributed by atoms with Gasteiger partial charge < -0.3 is 19.9 Å². The second kappa shape index (κ2) is 7.75. The van der Waals surface area contributed by atoms with Crippen molar-refractivity contribution in [3.05, 3.63) is 0 Å². The van der Waals surface area contributed by atoms with Crippen LogP contribution in [0, 0.1) is 5.92 Å². The lowest BCUT2D eigenvalue weighted by Gasteiger charge is -2.20. The average Bonchev–Trinajstić information content (AvgIpc) is 3.05. The fourth-order valence-electron chi connectivity index (χ4n) is 2.91. The van der Waals surface area contributed by atoms with Crippen molar-refractivity contribution in [3.63, 3.8) is 0 Å². The molecule has 0 bridgehead atoms. The number of carbonyl (C=O) groups is 2. The van der Waals surface area contributed by atoms with Gasteiger partial charge in [-0.05, 0) is 39.9 Å². The summed E-state index contributed by atoms with van der Waals surface area (Å²) in [6, 6.07) is 0. The fourth-order valence-corrected chi connectivity index (χ4v) is 2.91. The summed E-state index contributed by atoms with van der Waals surface area (Å²) in [7, 11) is 4.03. The molecule has 2 aliphatic heterocycles. The molecule has 0 aromatic carbocycles.